The Hall–Kier alpha value is -2.08. The summed E-state index contributed by atoms with van der Waals surface area (Å²) in [6.45, 7) is -1.97. The maximum absolute atomic E-state index is 12.7. The van der Waals surface area contributed by atoms with Crippen LogP contribution >= 0.6 is 0 Å². The van der Waals surface area contributed by atoms with Crippen LogP contribution in [0, 0.1) is 0 Å². The minimum Gasteiger partial charge on any atom is -0.378 e. The van der Waals surface area contributed by atoms with E-state index in [1.54, 1.807) is 0 Å². The van der Waals surface area contributed by atoms with Crippen molar-refractivity contribution in [3.05, 3.63) is 28.2 Å². The summed E-state index contributed by atoms with van der Waals surface area (Å²) in [4.78, 5) is 26.3. The van der Waals surface area contributed by atoms with Gasteiger partial charge in [0.05, 0.1) is 25.3 Å². The summed E-state index contributed by atoms with van der Waals surface area (Å²) in [5.74, 6) is -1.06. The van der Waals surface area contributed by atoms with E-state index in [-0.39, 0.29) is 19.8 Å². The van der Waals surface area contributed by atoms with Crippen LogP contribution in [0.15, 0.2) is 17.1 Å². The summed E-state index contributed by atoms with van der Waals surface area (Å²) < 4.78 is 80.6. The third kappa shape index (κ3) is 5.19. The summed E-state index contributed by atoms with van der Waals surface area (Å²) in [7, 11) is 0. The standard InChI is InChI=1S/C13H13F6N3O3/c14-12(15,16)6-22-1-2-25-5-9(22)11(24)21-8-3-7(13(17,18)19)4-20-10(8)23/h3-4,9H,1-2,5-6H2,(H,20,23)(H,21,24)/t9-/m0/s1. The number of hydrogen-bond donors (Lipinski definition) is 2. The normalized spacial score (nSPS) is 19.7. The highest BCUT2D eigenvalue weighted by molar-refractivity contribution is 5.94. The van der Waals surface area contributed by atoms with Gasteiger partial charge >= 0.3 is 12.4 Å². The molecule has 0 aromatic carbocycles. The maximum Gasteiger partial charge on any atom is 0.417 e. The molecule has 0 radical (unpaired) electrons. The Labute approximate surface area is 136 Å². The summed E-state index contributed by atoms with van der Waals surface area (Å²) in [5, 5.41) is 1.94. The summed E-state index contributed by atoms with van der Waals surface area (Å²) in [6.07, 6.45) is -8.90. The van der Waals surface area contributed by atoms with E-state index in [2.05, 4.69) is 0 Å². The van der Waals surface area contributed by atoms with Crippen LogP contribution < -0.4 is 10.9 Å². The zero-order chi connectivity index (χ0) is 18.8. The molecule has 2 rings (SSSR count). The van der Waals surface area contributed by atoms with Crippen LogP contribution in [0.5, 0.6) is 0 Å². The molecule has 1 saturated heterocycles. The number of nitrogens with zero attached hydrogens (tertiary/aromatic N) is 1. The fourth-order valence-corrected chi connectivity index (χ4v) is 2.26. The quantitative estimate of drug-likeness (QED) is 0.790. The van der Waals surface area contributed by atoms with Gasteiger partial charge in [-0.2, -0.15) is 26.3 Å². The monoisotopic (exact) mass is 373 g/mol. The predicted octanol–water partition coefficient (Wildman–Crippen LogP) is 1.60. The predicted molar refractivity (Wildman–Crippen MR) is 72.9 cm³/mol. The molecule has 1 atom stereocenters. The van der Waals surface area contributed by atoms with Gasteiger partial charge in [-0.3, -0.25) is 14.5 Å². The molecule has 1 aromatic rings. The Morgan fingerprint density at radius 1 is 1.32 bits per heavy atom. The van der Waals surface area contributed by atoms with Crippen molar-refractivity contribution < 1.29 is 35.9 Å². The van der Waals surface area contributed by atoms with E-state index in [0.29, 0.717) is 12.3 Å². The van der Waals surface area contributed by atoms with Crippen molar-refractivity contribution in [1.29, 1.82) is 0 Å². The second-order valence-electron chi connectivity index (χ2n) is 5.29. The fourth-order valence-electron chi connectivity index (χ4n) is 2.26. The second-order valence-corrected chi connectivity index (χ2v) is 5.29. The average molecular weight is 373 g/mol. The lowest BCUT2D eigenvalue weighted by atomic mass is 10.2. The van der Waals surface area contributed by atoms with Crippen LogP contribution in [-0.4, -0.2) is 54.3 Å². The van der Waals surface area contributed by atoms with Gasteiger partial charge in [-0.05, 0) is 6.07 Å². The number of hydrogen-bond acceptors (Lipinski definition) is 4. The zero-order valence-corrected chi connectivity index (χ0v) is 12.5. The smallest absolute Gasteiger partial charge is 0.378 e. The molecule has 140 valence electrons. The van der Waals surface area contributed by atoms with E-state index in [1.165, 1.54) is 0 Å². The molecule has 0 saturated carbocycles. The third-order valence-corrected chi connectivity index (χ3v) is 3.41. The van der Waals surface area contributed by atoms with Crippen molar-refractivity contribution in [3.63, 3.8) is 0 Å². The first-order chi connectivity index (χ1) is 11.5. The lowest BCUT2D eigenvalue weighted by Gasteiger charge is -2.34. The van der Waals surface area contributed by atoms with Crippen LogP contribution in [0.2, 0.25) is 0 Å². The number of nitrogens with one attached hydrogen (secondary N) is 2. The number of aromatic amines is 1. The van der Waals surface area contributed by atoms with Gasteiger partial charge in [-0.25, -0.2) is 0 Å². The Bertz CT molecular complexity index is 685. The number of carbonyl (C=O) groups is 1. The van der Waals surface area contributed by atoms with Gasteiger partial charge in [0.15, 0.2) is 0 Å². The molecule has 2 heterocycles. The van der Waals surface area contributed by atoms with Crippen molar-refractivity contribution in [2.24, 2.45) is 0 Å². The van der Waals surface area contributed by atoms with E-state index in [1.807, 2.05) is 10.3 Å². The van der Waals surface area contributed by atoms with Crippen molar-refractivity contribution in [1.82, 2.24) is 9.88 Å². The highest BCUT2D eigenvalue weighted by Crippen LogP contribution is 2.29. The second kappa shape index (κ2) is 7.04. The summed E-state index contributed by atoms with van der Waals surface area (Å²) in [5.41, 5.74) is -2.94. The number of amides is 1. The number of pyridine rings is 1. The van der Waals surface area contributed by atoms with Crippen LogP contribution in [0.4, 0.5) is 32.0 Å². The molecular formula is C13H13F6N3O3. The first-order valence-corrected chi connectivity index (χ1v) is 6.97. The fraction of sp³-hybridized carbons (Fsp3) is 0.538. The van der Waals surface area contributed by atoms with Crippen LogP contribution in [0.1, 0.15) is 5.56 Å². The highest BCUT2D eigenvalue weighted by atomic mass is 19.4. The number of rotatable bonds is 3. The van der Waals surface area contributed by atoms with Crippen LogP contribution in [0.3, 0.4) is 0 Å². The van der Waals surface area contributed by atoms with Crippen molar-refractivity contribution >= 4 is 11.6 Å². The van der Waals surface area contributed by atoms with Crippen LogP contribution in [0.25, 0.3) is 0 Å². The van der Waals surface area contributed by atoms with E-state index in [9.17, 15) is 35.9 Å². The topological polar surface area (TPSA) is 74.4 Å². The summed E-state index contributed by atoms with van der Waals surface area (Å²) in [6, 6.07) is -0.974. The average Bonchev–Trinajstić information content (AvgIpc) is 2.47. The van der Waals surface area contributed by atoms with Gasteiger partial charge in [0.2, 0.25) is 5.91 Å². The Kier molecular flexibility index (Phi) is 5.42. The Morgan fingerprint density at radius 3 is 2.60 bits per heavy atom. The number of morpholine rings is 1. The SMILES string of the molecule is O=C(Nc1cc(C(F)(F)F)c[nH]c1=O)[C@@H]1COCCN1CC(F)(F)F. The Morgan fingerprint density at radius 2 is 2.00 bits per heavy atom. The van der Waals surface area contributed by atoms with Gasteiger partial charge in [-0.15, -0.1) is 0 Å². The molecule has 1 aliphatic heterocycles. The van der Waals surface area contributed by atoms with Gasteiger partial charge in [0.1, 0.15) is 11.7 Å². The molecule has 0 bridgehead atoms. The molecule has 0 aliphatic carbocycles. The molecule has 6 nitrogen and oxygen atoms in total. The molecule has 1 aliphatic rings. The van der Waals surface area contributed by atoms with Crippen molar-refractivity contribution in [2.45, 2.75) is 18.4 Å². The maximum atomic E-state index is 12.7. The van der Waals surface area contributed by atoms with Gasteiger partial charge in [-0.1, -0.05) is 0 Å². The molecule has 0 spiro atoms. The van der Waals surface area contributed by atoms with Crippen molar-refractivity contribution in [3.8, 4) is 0 Å². The van der Waals surface area contributed by atoms with E-state index >= 15 is 0 Å². The van der Waals surface area contributed by atoms with Crippen molar-refractivity contribution in [2.75, 3.05) is 31.6 Å². The van der Waals surface area contributed by atoms with Gasteiger partial charge in [0, 0.05) is 12.7 Å². The minimum atomic E-state index is -4.76. The third-order valence-electron chi connectivity index (χ3n) is 3.41. The Balaban J connectivity index is 2.19. The van der Waals surface area contributed by atoms with E-state index in [4.69, 9.17) is 4.74 Å². The van der Waals surface area contributed by atoms with Gasteiger partial charge < -0.3 is 15.0 Å². The molecule has 1 aromatic heterocycles. The van der Waals surface area contributed by atoms with Crippen LogP contribution in [-0.2, 0) is 15.7 Å². The number of ether oxygens (including phenoxy) is 1. The number of anilines is 1. The highest BCUT2D eigenvalue weighted by Gasteiger charge is 2.38. The molecule has 2 N–H and O–H groups in total. The first-order valence-electron chi connectivity index (χ1n) is 6.97. The number of H-pyrrole nitrogens is 1. The lowest BCUT2D eigenvalue weighted by Crippen LogP contribution is -2.54. The van der Waals surface area contributed by atoms with E-state index < -0.39 is 47.7 Å². The number of alkyl halides is 6. The molecule has 25 heavy (non-hydrogen) atoms. The zero-order valence-electron chi connectivity index (χ0n) is 12.5. The molecule has 1 amide bonds. The first kappa shape index (κ1) is 19.2. The number of carbonyl (C=O) groups excluding carboxylic acids is 1. The summed E-state index contributed by atoms with van der Waals surface area (Å²) >= 11 is 0. The number of aromatic nitrogens is 1. The van der Waals surface area contributed by atoms with Gasteiger partial charge in [0.25, 0.3) is 5.56 Å². The lowest BCUT2D eigenvalue weighted by molar-refractivity contribution is -0.165. The molecule has 1 fully saturated rings. The minimum absolute atomic E-state index is 0.0238. The van der Waals surface area contributed by atoms with E-state index in [0.717, 1.165) is 4.90 Å². The molecular weight excluding hydrogens is 360 g/mol. The number of halogens is 6. The molecule has 12 heteroatoms. The largest absolute Gasteiger partial charge is 0.417 e. The molecule has 0 unspecified atom stereocenters.